The first-order valence-corrected chi connectivity index (χ1v) is 29.9. The van der Waals surface area contributed by atoms with Crippen LogP contribution in [0.1, 0.15) is 0 Å². The van der Waals surface area contributed by atoms with E-state index in [-0.39, 0.29) is 0 Å². The SMILES string of the molecule is c1ccc(-c2cccc(-c3ccccc3)c2-c2ccc3c(c2)c2c4c(cc5c6cc7c(cc6n3c52)c2cc3sc5ccccc5c3c3c5cc(-c6c(-c8ccccc8)cccc6-c6ccccc6)ccc5n7c23)sc2ccccc24)cc1. The number of nitrogens with zero attached hydrogens (tertiary/aromatic N) is 2. The Hall–Kier alpha value is -10.1. The van der Waals surface area contributed by atoms with Gasteiger partial charge in [0.2, 0.25) is 0 Å². The molecule has 0 saturated carbocycles. The maximum Gasteiger partial charge on any atom is 0.0627 e. The number of aromatic nitrogens is 2. The average Bonchev–Trinajstić information content (AvgIpc) is 2.12. The first-order chi connectivity index (χ1) is 40.7. The summed E-state index contributed by atoms with van der Waals surface area (Å²) in [5, 5.41) is 15.7. The second kappa shape index (κ2) is 16.7. The fourth-order valence-electron chi connectivity index (χ4n) is 14.6. The maximum absolute atomic E-state index is 2.62. The molecule has 0 unspecified atom stereocenters. The van der Waals surface area contributed by atoms with Crippen LogP contribution in [0.4, 0.5) is 0 Å². The molecule has 82 heavy (non-hydrogen) atoms. The van der Waals surface area contributed by atoms with Crippen LogP contribution in [0.2, 0.25) is 0 Å². The van der Waals surface area contributed by atoms with Crippen LogP contribution in [0.15, 0.2) is 267 Å². The smallest absolute Gasteiger partial charge is 0.0627 e. The number of fused-ring (bicyclic) bond motifs is 20. The van der Waals surface area contributed by atoms with Gasteiger partial charge in [0.25, 0.3) is 0 Å². The van der Waals surface area contributed by atoms with Gasteiger partial charge in [0.05, 0.1) is 33.1 Å². The lowest BCUT2D eigenvalue weighted by Crippen LogP contribution is -1.91. The van der Waals surface area contributed by atoms with Gasteiger partial charge in [-0.05, 0) is 127 Å². The minimum absolute atomic E-state index is 1.21. The largest absolute Gasteiger partial charge is 0.308 e. The molecule has 4 heteroatoms. The van der Waals surface area contributed by atoms with Crippen molar-refractivity contribution in [2.24, 2.45) is 0 Å². The molecule has 0 fully saturated rings. The molecule has 0 aliphatic rings. The molecule has 0 aliphatic heterocycles. The second-order valence-corrected chi connectivity index (χ2v) is 24.3. The molecule has 6 aromatic heterocycles. The van der Waals surface area contributed by atoms with Crippen LogP contribution in [0, 0.1) is 0 Å². The van der Waals surface area contributed by atoms with Crippen molar-refractivity contribution in [3.8, 4) is 66.8 Å². The fourth-order valence-corrected chi connectivity index (χ4v) is 16.9. The van der Waals surface area contributed by atoms with Gasteiger partial charge in [-0.15, -0.1) is 22.7 Å². The van der Waals surface area contributed by atoms with Gasteiger partial charge in [-0.2, -0.15) is 0 Å². The van der Waals surface area contributed by atoms with Crippen molar-refractivity contribution in [3.05, 3.63) is 267 Å². The van der Waals surface area contributed by atoms with Gasteiger partial charge >= 0.3 is 0 Å². The zero-order valence-corrected chi connectivity index (χ0v) is 45.7. The van der Waals surface area contributed by atoms with Crippen LogP contribution >= 0.6 is 22.7 Å². The zero-order valence-electron chi connectivity index (χ0n) is 44.1. The summed E-state index contributed by atoms with van der Waals surface area (Å²) in [5.74, 6) is 0. The maximum atomic E-state index is 2.62. The van der Waals surface area contributed by atoms with Gasteiger partial charge in [0.15, 0.2) is 0 Å². The number of benzene rings is 13. The molecular weight excluding hydrogens is 1030 g/mol. The molecule has 0 aliphatic carbocycles. The number of hydrogen-bond donors (Lipinski definition) is 0. The van der Waals surface area contributed by atoms with Crippen LogP contribution in [0.3, 0.4) is 0 Å². The Morgan fingerprint density at radius 2 is 0.561 bits per heavy atom. The molecule has 2 nitrogen and oxygen atoms in total. The predicted molar refractivity (Wildman–Crippen MR) is 354 cm³/mol. The lowest BCUT2D eigenvalue weighted by atomic mass is 9.87. The van der Waals surface area contributed by atoms with Crippen LogP contribution in [-0.4, -0.2) is 8.80 Å². The van der Waals surface area contributed by atoms with Crippen LogP contribution < -0.4 is 0 Å². The summed E-state index contributed by atoms with van der Waals surface area (Å²) in [4.78, 5) is 0. The van der Waals surface area contributed by atoms with E-state index in [0.29, 0.717) is 0 Å². The molecule has 0 radical (unpaired) electrons. The first kappa shape index (κ1) is 44.7. The molecule has 19 rings (SSSR count). The normalized spacial score (nSPS) is 12.4. The summed E-state index contributed by atoms with van der Waals surface area (Å²) >= 11 is 3.84. The monoisotopic (exact) mass is 1070 g/mol. The topological polar surface area (TPSA) is 8.82 Å². The van der Waals surface area contributed by atoms with Gasteiger partial charge in [-0.1, -0.05) is 206 Å². The Bertz CT molecular complexity index is 5370. The summed E-state index contributed by atoms with van der Waals surface area (Å²) in [6, 6.07) is 100. The quantitative estimate of drug-likeness (QED) is 0.157. The molecule has 13 aromatic carbocycles. The summed E-state index contributed by atoms with van der Waals surface area (Å²) in [6.45, 7) is 0. The van der Waals surface area contributed by atoms with E-state index in [1.807, 2.05) is 22.7 Å². The molecule has 0 atom stereocenters. The van der Waals surface area contributed by atoms with Crippen molar-refractivity contribution in [2.45, 2.75) is 0 Å². The highest BCUT2D eigenvalue weighted by Gasteiger charge is 2.28. The molecular formula is C78H44N2S2. The fraction of sp³-hybridized carbons (Fsp3) is 0. The van der Waals surface area contributed by atoms with Crippen molar-refractivity contribution < 1.29 is 0 Å². The minimum Gasteiger partial charge on any atom is -0.308 e. The van der Waals surface area contributed by atoms with Crippen molar-refractivity contribution in [1.82, 2.24) is 8.80 Å². The van der Waals surface area contributed by atoms with E-state index in [0.717, 1.165) is 0 Å². The van der Waals surface area contributed by atoms with Gasteiger partial charge in [-0.3, -0.25) is 0 Å². The molecule has 19 aromatic rings. The molecule has 6 heterocycles. The summed E-state index contributed by atoms with van der Waals surface area (Å²) in [6.07, 6.45) is 0. The number of rotatable bonds is 6. The standard InChI is InChI=1S/C78H44N2S2/c1-5-19-45(20-6-1)51-29-17-30-52(46-21-7-2-8-22-46)71(51)49-35-37-63-61(39-49)75-73-55-27-13-15-33-67(55)81-69(73)43-59-57-42-66-58(41-65(57)79(63)77(59)75)60-44-70-74(56-28-14-16-34-68(56)82-70)76-62-40-50(36-38-64(62)80(66)78(60)76)72-53(47-23-9-3-10-24-47)31-18-32-54(72)48-25-11-4-12-26-48/h1-44H. The van der Waals surface area contributed by atoms with Gasteiger partial charge in [0, 0.05) is 83.4 Å². The summed E-state index contributed by atoms with van der Waals surface area (Å²) in [5.41, 5.74) is 22.2. The van der Waals surface area contributed by atoms with Crippen LogP contribution in [0.25, 0.3) is 183 Å². The van der Waals surface area contributed by atoms with Crippen LogP contribution in [0.5, 0.6) is 0 Å². The van der Waals surface area contributed by atoms with E-state index < -0.39 is 0 Å². The Balaban J connectivity index is 0.929. The van der Waals surface area contributed by atoms with Crippen molar-refractivity contribution >= 4 is 139 Å². The van der Waals surface area contributed by atoms with Crippen molar-refractivity contribution in [1.29, 1.82) is 0 Å². The van der Waals surface area contributed by atoms with Crippen molar-refractivity contribution in [3.63, 3.8) is 0 Å². The minimum atomic E-state index is 1.21. The Labute approximate surface area is 478 Å². The highest BCUT2D eigenvalue weighted by Crippen LogP contribution is 2.54. The lowest BCUT2D eigenvalue weighted by molar-refractivity contribution is 1.36. The Morgan fingerprint density at radius 3 is 0.939 bits per heavy atom. The second-order valence-electron chi connectivity index (χ2n) is 22.2. The highest BCUT2D eigenvalue weighted by molar-refractivity contribution is 7.26. The third kappa shape index (κ3) is 6.07. The van der Waals surface area contributed by atoms with Crippen LogP contribution in [-0.2, 0) is 0 Å². The van der Waals surface area contributed by atoms with Crippen molar-refractivity contribution in [2.75, 3.05) is 0 Å². The van der Waals surface area contributed by atoms with Gasteiger partial charge in [0.1, 0.15) is 0 Å². The highest BCUT2D eigenvalue weighted by atomic mass is 32.1. The average molecular weight is 1070 g/mol. The Morgan fingerprint density at radius 1 is 0.207 bits per heavy atom. The number of thiophene rings is 2. The third-order valence-electron chi connectivity index (χ3n) is 18.0. The molecule has 0 saturated heterocycles. The molecule has 0 N–H and O–H groups in total. The molecule has 0 spiro atoms. The van der Waals surface area contributed by atoms with E-state index in [4.69, 9.17) is 0 Å². The number of hydrogen-bond acceptors (Lipinski definition) is 2. The first-order valence-electron chi connectivity index (χ1n) is 28.2. The summed E-state index contributed by atoms with van der Waals surface area (Å²) in [7, 11) is 0. The molecule has 378 valence electrons. The predicted octanol–water partition coefficient (Wildman–Crippen LogP) is 22.7. The Kier molecular flexibility index (Phi) is 9.12. The van der Waals surface area contributed by atoms with Gasteiger partial charge < -0.3 is 8.80 Å². The molecule has 0 bridgehead atoms. The zero-order chi connectivity index (χ0) is 53.3. The van der Waals surface area contributed by atoms with E-state index in [2.05, 4.69) is 276 Å². The van der Waals surface area contributed by atoms with Gasteiger partial charge in [-0.25, -0.2) is 0 Å². The van der Waals surface area contributed by atoms with E-state index in [9.17, 15) is 0 Å². The van der Waals surface area contributed by atoms with E-state index in [1.54, 1.807) is 0 Å². The van der Waals surface area contributed by atoms with E-state index >= 15 is 0 Å². The van der Waals surface area contributed by atoms with E-state index in [1.165, 1.54) is 183 Å². The third-order valence-corrected chi connectivity index (χ3v) is 20.2. The summed E-state index contributed by atoms with van der Waals surface area (Å²) < 4.78 is 10.5. The molecule has 0 amide bonds. The lowest BCUT2D eigenvalue weighted by Gasteiger charge is -2.17.